The van der Waals surface area contributed by atoms with E-state index in [2.05, 4.69) is 6.58 Å². The van der Waals surface area contributed by atoms with E-state index in [1.165, 1.54) is 0 Å². The van der Waals surface area contributed by atoms with Crippen molar-refractivity contribution < 1.29 is 19.4 Å². The number of methoxy groups -OCH3 is 1. The van der Waals surface area contributed by atoms with Crippen molar-refractivity contribution in [2.24, 2.45) is 17.8 Å². The predicted molar refractivity (Wildman–Crippen MR) is 90.1 cm³/mol. The first-order valence-corrected chi connectivity index (χ1v) is 8.35. The number of carboxylic acid groups (broad SMARTS) is 1. The van der Waals surface area contributed by atoms with E-state index in [1.807, 2.05) is 6.07 Å². The monoisotopic (exact) mass is 329 g/mol. The van der Waals surface area contributed by atoms with Crippen molar-refractivity contribution in [3.8, 4) is 5.75 Å². The third-order valence-electron chi connectivity index (χ3n) is 5.09. The molecule has 1 saturated carbocycles. The number of carbonyl (C=O) groups excluding carboxylic acids is 1. The molecular weight excluding hydrogens is 306 g/mol. The lowest BCUT2D eigenvalue weighted by Gasteiger charge is -2.17. The van der Waals surface area contributed by atoms with Crippen LogP contribution in [0.4, 0.5) is 0 Å². The van der Waals surface area contributed by atoms with Gasteiger partial charge in [-0.25, -0.2) is 0 Å². The normalized spacial score (nSPS) is 23.1. The maximum atomic E-state index is 12.8. The topological polar surface area (TPSA) is 66.8 Å². The first kappa shape index (κ1) is 16.6. The van der Waals surface area contributed by atoms with Gasteiger partial charge in [0.25, 0.3) is 5.91 Å². The molecule has 5 nitrogen and oxygen atoms in total. The Kier molecular flexibility index (Phi) is 4.60. The number of hydrogen-bond donors (Lipinski definition) is 1. The van der Waals surface area contributed by atoms with Crippen LogP contribution in [0, 0.1) is 17.8 Å². The number of carboxylic acids is 1. The van der Waals surface area contributed by atoms with E-state index >= 15 is 0 Å². The number of hydrogen-bond acceptors (Lipinski definition) is 3. The molecule has 1 amide bonds. The number of rotatable bonds is 6. The molecule has 2 fully saturated rings. The molecule has 24 heavy (non-hydrogen) atoms. The zero-order chi connectivity index (χ0) is 17.3. The fourth-order valence-electron chi connectivity index (χ4n) is 3.67. The smallest absolute Gasteiger partial charge is 0.308 e. The minimum atomic E-state index is -0.788. The predicted octanol–water partition coefficient (Wildman–Crippen LogP) is 2.61. The van der Waals surface area contributed by atoms with Gasteiger partial charge in [0.1, 0.15) is 5.75 Å². The summed E-state index contributed by atoms with van der Waals surface area (Å²) in [5.41, 5.74) is 1.49. The maximum Gasteiger partial charge on any atom is 0.308 e. The minimum absolute atomic E-state index is 0.0948. The Hall–Kier alpha value is -2.30. The molecule has 1 aliphatic carbocycles. The van der Waals surface area contributed by atoms with Gasteiger partial charge >= 0.3 is 5.97 Å². The van der Waals surface area contributed by atoms with Crippen LogP contribution in [0.1, 0.15) is 28.8 Å². The summed E-state index contributed by atoms with van der Waals surface area (Å²) < 4.78 is 5.31. The zero-order valence-electron chi connectivity index (χ0n) is 13.9. The average Bonchev–Trinajstić information content (AvgIpc) is 3.32. The molecule has 128 valence electrons. The number of allylic oxidation sites excluding steroid dienone is 1. The molecule has 3 rings (SSSR count). The summed E-state index contributed by atoms with van der Waals surface area (Å²) in [6, 6.07) is 5.35. The summed E-state index contributed by atoms with van der Waals surface area (Å²) in [5.74, 6) is -0.0328. The van der Waals surface area contributed by atoms with Crippen molar-refractivity contribution in [3.63, 3.8) is 0 Å². The van der Waals surface area contributed by atoms with Gasteiger partial charge < -0.3 is 14.7 Å². The van der Waals surface area contributed by atoms with Gasteiger partial charge in [0.05, 0.1) is 13.0 Å². The lowest BCUT2D eigenvalue weighted by Crippen LogP contribution is -2.30. The van der Waals surface area contributed by atoms with Gasteiger partial charge in [0.15, 0.2) is 0 Å². The van der Waals surface area contributed by atoms with Gasteiger partial charge in [-0.05, 0) is 54.9 Å². The van der Waals surface area contributed by atoms with Crippen LogP contribution < -0.4 is 4.74 Å². The summed E-state index contributed by atoms with van der Waals surface area (Å²) >= 11 is 0. The van der Waals surface area contributed by atoms with E-state index in [1.54, 1.807) is 30.2 Å². The number of carbonyl (C=O) groups is 2. The number of aliphatic carboxylic acids is 1. The Morgan fingerprint density at radius 3 is 2.71 bits per heavy atom. The van der Waals surface area contributed by atoms with Crippen LogP contribution >= 0.6 is 0 Å². The lowest BCUT2D eigenvalue weighted by atomic mass is 9.92. The summed E-state index contributed by atoms with van der Waals surface area (Å²) in [7, 11) is 1.60. The van der Waals surface area contributed by atoms with Crippen LogP contribution in [0.25, 0.3) is 0 Å². The summed E-state index contributed by atoms with van der Waals surface area (Å²) in [6.07, 6.45) is 4.56. The minimum Gasteiger partial charge on any atom is -0.496 e. The molecule has 0 radical (unpaired) electrons. The summed E-state index contributed by atoms with van der Waals surface area (Å²) in [6.45, 7) is 4.58. The highest BCUT2D eigenvalue weighted by Gasteiger charge is 2.46. The third kappa shape index (κ3) is 3.16. The highest BCUT2D eigenvalue weighted by Crippen LogP contribution is 2.44. The molecule has 0 spiro atoms. The molecular formula is C19H23NO4. The zero-order valence-corrected chi connectivity index (χ0v) is 13.9. The molecule has 0 aromatic heterocycles. The molecule has 1 aromatic carbocycles. The van der Waals surface area contributed by atoms with Gasteiger partial charge in [0.2, 0.25) is 0 Å². The van der Waals surface area contributed by atoms with Crippen molar-refractivity contribution >= 4 is 11.9 Å². The molecule has 1 aliphatic heterocycles. The van der Waals surface area contributed by atoms with E-state index in [0.29, 0.717) is 31.0 Å². The van der Waals surface area contributed by atoms with Gasteiger partial charge in [-0.1, -0.05) is 6.08 Å². The molecule has 5 heteroatoms. The lowest BCUT2D eigenvalue weighted by molar-refractivity contribution is -0.142. The molecule has 1 saturated heterocycles. The van der Waals surface area contributed by atoms with Crippen molar-refractivity contribution in [3.05, 3.63) is 42.0 Å². The van der Waals surface area contributed by atoms with Crippen LogP contribution in [-0.4, -0.2) is 42.1 Å². The largest absolute Gasteiger partial charge is 0.496 e. The van der Waals surface area contributed by atoms with Crippen molar-refractivity contribution in [1.82, 2.24) is 4.90 Å². The molecule has 2 atom stereocenters. The van der Waals surface area contributed by atoms with Crippen molar-refractivity contribution in [2.45, 2.75) is 19.3 Å². The fourth-order valence-corrected chi connectivity index (χ4v) is 3.67. The Morgan fingerprint density at radius 1 is 1.38 bits per heavy atom. The van der Waals surface area contributed by atoms with E-state index in [4.69, 9.17) is 4.74 Å². The number of nitrogens with zero attached hydrogens (tertiary/aromatic N) is 1. The molecule has 2 aliphatic rings. The molecule has 0 unspecified atom stereocenters. The first-order chi connectivity index (χ1) is 11.5. The quantitative estimate of drug-likeness (QED) is 0.815. The van der Waals surface area contributed by atoms with Crippen LogP contribution in [0.3, 0.4) is 0 Å². The highest BCUT2D eigenvalue weighted by molar-refractivity contribution is 5.95. The van der Waals surface area contributed by atoms with Crippen LogP contribution in [0.15, 0.2) is 30.9 Å². The van der Waals surface area contributed by atoms with Crippen LogP contribution in [0.5, 0.6) is 5.75 Å². The van der Waals surface area contributed by atoms with Crippen molar-refractivity contribution in [1.29, 1.82) is 0 Å². The standard InChI is InChI=1S/C19H23NO4/c1-3-4-13-9-14(7-8-17(13)24-2)18(21)20-10-15(12-5-6-12)16(11-20)19(22)23/h3,7-9,12,15-16H,1,4-6,10-11H2,2H3,(H,22,23)/t15-,16+/m0/s1. The summed E-state index contributed by atoms with van der Waals surface area (Å²) in [5, 5.41) is 9.45. The average molecular weight is 329 g/mol. The molecule has 0 bridgehead atoms. The second-order valence-corrected chi connectivity index (χ2v) is 6.68. The second-order valence-electron chi connectivity index (χ2n) is 6.68. The second kappa shape index (κ2) is 6.67. The van der Waals surface area contributed by atoms with Gasteiger partial charge in [-0.2, -0.15) is 0 Å². The number of likely N-dealkylation sites (tertiary alicyclic amines) is 1. The van der Waals surface area contributed by atoms with Gasteiger partial charge in [0, 0.05) is 18.7 Å². The van der Waals surface area contributed by atoms with E-state index in [0.717, 1.165) is 24.2 Å². The number of benzene rings is 1. The molecule has 1 heterocycles. The molecule has 1 N–H and O–H groups in total. The molecule has 1 aromatic rings. The maximum absolute atomic E-state index is 12.8. The highest BCUT2D eigenvalue weighted by atomic mass is 16.5. The fraction of sp³-hybridized carbons (Fsp3) is 0.474. The number of amides is 1. The number of ether oxygens (including phenoxy) is 1. The van der Waals surface area contributed by atoms with E-state index < -0.39 is 11.9 Å². The third-order valence-corrected chi connectivity index (χ3v) is 5.09. The Balaban J connectivity index is 1.80. The SMILES string of the molecule is C=CCc1cc(C(=O)N2C[C@@H](C(=O)O)[C@H](C3CC3)C2)ccc1OC. The van der Waals surface area contributed by atoms with Gasteiger partial charge in [-0.15, -0.1) is 6.58 Å². The van der Waals surface area contributed by atoms with Crippen LogP contribution in [0.2, 0.25) is 0 Å². The van der Waals surface area contributed by atoms with Crippen LogP contribution in [-0.2, 0) is 11.2 Å². The Labute approximate surface area is 141 Å². The Morgan fingerprint density at radius 2 is 2.12 bits per heavy atom. The van der Waals surface area contributed by atoms with E-state index in [-0.39, 0.29) is 11.8 Å². The Bertz CT molecular complexity index is 665. The first-order valence-electron chi connectivity index (χ1n) is 8.35. The summed E-state index contributed by atoms with van der Waals surface area (Å²) in [4.78, 5) is 26.0. The van der Waals surface area contributed by atoms with Crippen molar-refractivity contribution in [2.75, 3.05) is 20.2 Å². The van der Waals surface area contributed by atoms with Gasteiger partial charge in [-0.3, -0.25) is 9.59 Å². The van der Waals surface area contributed by atoms with E-state index in [9.17, 15) is 14.7 Å².